The van der Waals surface area contributed by atoms with Crippen molar-refractivity contribution in [1.29, 1.82) is 0 Å². The fraction of sp³-hybridized carbons (Fsp3) is 0.500. The Labute approximate surface area is 157 Å². The molecule has 0 aliphatic carbocycles. The van der Waals surface area contributed by atoms with Gasteiger partial charge < -0.3 is 19.5 Å². The van der Waals surface area contributed by atoms with E-state index in [9.17, 15) is 14.4 Å². The SMILES string of the molecule is CC[C@@H](C)[C@H](NC(=O)COC(=O)COc1ccc(Cl)c(C)c1)C(=O)OC. The molecule has 1 rings (SSSR count). The number of hydrogen-bond acceptors (Lipinski definition) is 6. The predicted molar refractivity (Wildman–Crippen MR) is 96.0 cm³/mol. The fourth-order valence-corrected chi connectivity index (χ4v) is 2.17. The van der Waals surface area contributed by atoms with Crippen LogP contribution >= 0.6 is 11.6 Å². The molecule has 0 fully saturated rings. The molecule has 0 aliphatic heterocycles. The van der Waals surface area contributed by atoms with Crippen LogP contribution in [0.1, 0.15) is 25.8 Å². The highest BCUT2D eigenvalue weighted by Crippen LogP contribution is 2.20. The van der Waals surface area contributed by atoms with Crippen molar-refractivity contribution in [2.24, 2.45) is 5.92 Å². The van der Waals surface area contributed by atoms with Crippen LogP contribution in [0.2, 0.25) is 5.02 Å². The van der Waals surface area contributed by atoms with E-state index in [4.69, 9.17) is 21.1 Å². The van der Waals surface area contributed by atoms with Crippen molar-refractivity contribution < 1.29 is 28.6 Å². The highest BCUT2D eigenvalue weighted by molar-refractivity contribution is 6.31. The molecule has 0 unspecified atom stereocenters. The molecule has 144 valence electrons. The molecule has 7 nitrogen and oxygen atoms in total. The zero-order valence-electron chi connectivity index (χ0n) is 15.3. The third-order valence-corrected chi connectivity index (χ3v) is 4.26. The summed E-state index contributed by atoms with van der Waals surface area (Å²) >= 11 is 5.91. The van der Waals surface area contributed by atoms with Gasteiger partial charge in [-0.2, -0.15) is 0 Å². The van der Waals surface area contributed by atoms with Crippen molar-refractivity contribution in [1.82, 2.24) is 5.32 Å². The molecule has 0 bridgehead atoms. The average Bonchev–Trinajstić information content (AvgIpc) is 2.64. The minimum absolute atomic E-state index is 0.112. The number of carbonyl (C=O) groups excluding carboxylic acids is 3. The smallest absolute Gasteiger partial charge is 0.344 e. The molecule has 1 N–H and O–H groups in total. The first-order valence-corrected chi connectivity index (χ1v) is 8.58. The lowest BCUT2D eigenvalue weighted by Crippen LogP contribution is -2.47. The van der Waals surface area contributed by atoms with E-state index in [0.29, 0.717) is 17.2 Å². The molecule has 0 saturated carbocycles. The normalized spacial score (nSPS) is 12.7. The van der Waals surface area contributed by atoms with E-state index in [0.717, 1.165) is 5.56 Å². The molecular formula is C18H24ClNO6. The fourth-order valence-electron chi connectivity index (χ4n) is 2.05. The first-order valence-electron chi connectivity index (χ1n) is 8.20. The summed E-state index contributed by atoms with van der Waals surface area (Å²) < 4.78 is 14.8. The number of ether oxygens (including phenoxy) is 3. The summed E-state index contributed by atoms with van der Waals surface area (Å²) in [6.07, 6.45) is 0.675. The lowest BCUT2D eigenvalue weighted by atomic mass is 9.99. The quantitative estimate of drug-likeness (QED) is 0.656. The molecule has 1 amide bonds. The summed E-state index contributed by atoms with van der Waals surface area (Å²) in [5.74, 6) is -1.47. The molecule has 0 aliphatic rings. The van der Waals surface area contributed by atoms with Gasteiger partial charge in [0.15, 0.2) is 13.2 Å². The summed E-state index contributed by atoms with van der Waals surface area (Å²) in [4.78, 5) is 35.3. The van der Waals surface area contributed by atoms with Gasteiger partial charge in [-0.25, -0.2) is 9.59 Å². The van der Waals surface area contributed by atoms with Gasteiger partial charge in [0.2, 0.25) is 0 Å². The van der Waals surface area contributed by atoms with Gasteiger partial charge >= 0.3 is 11.9 Å². The molecule has 1 aromatic carbocycles. The number of hydrogen-bond donors (Lipinski definition) is 1. The lowest BCUT2D eigenvalue weighted by Gasteiger charge is -2.21. The van der Waals surface area contributed by atoms with E-state index in [1.165, 1.54) is 7.11 Å². The van der Waals surface area contributed by atoms with E-state index in [2.05, 4.69) is 10.1 Å². The van der Waals surface area contributed by atoms with Crippen LogP contribution in [0.4, 0.5) is 0 Å². The summed E-state index contributed by atoms with van der Waals surface area (Å²) in [5.41, 5.74) is 0.816. The Balaban J connectivity index is 2.44. The van der Waals surface area contributed by atoms with E-state index in [1.807, 2.05) is 20.8 Å². The van der Waals surface area contributed by atoms with E-state index in [1.54, 1.807) is 18.2 Å². The molecule has 8 heteroatoms. The Morgan fingerprint density at radius 1 is 1.23 bits per heavy atom. The van der Waals surface area contributed by atoms with Gasteiger partial charge in [-0.1, -0.05) is 31.9 Å². The molecular weight excluding hydrogens is 362 g/mol. The molecule has 2 atom stereocenters. The van der Waals surface area contributed by atoms with E-state index >= 15 is 0 Å². The van der Waals surface area contributed by atoms with Gasteiger partial charge in [0.25, 0.3) is 5.91 Å². The van der Waals surface area contributed by atoms with Crippen molar-refractivity contribution in [3.8, 4) is 5.75 Å². The monoisotopic (exact) mass is 385 g/mol. The molecule has 0 spiro atoms. The summed E-state index contributed by atoms with van der Waals surface area (Å²) in [7, 11) is 1.25. The van der Waals surface area contributed by atoms with Crippen LogP contribution in [0.15, 0.2) is 18.2 Å². The Morgan fingerprint density at radius 2 is 1.92 bits per heavy atom. The van der Waals surface area contributed by atoms with Crippen molar-refractivity contribution in [2.45, 2.75) is 33.2 Å². The highest BCUT2D eigenvalue weighted by Gasteiger charge is 2.26. The van der Waals surface area contributed by atoms with Gasteiger partial charge in [0.1, 0.15) is 11.8 Å². The number of methoxy groups -OCH3 is 1. The molecule has 1 aromatic rings. The standard InChI is InChI=1S/C18H24ClNO6/c1-5-11(2)17(18(23)24-4)20-15(21)9-26-16(22)10-25-13-6-7-14(19)12(3)8-13/h6-8,11,17H,5,9-10H2,1-4H3,(H,20,21)/t11-,17+/m1/s1. The maximum Gasteiger partial charge on any atom is 0.344 e. The molecule has 26 heavy (non-hydrogen) atoms. The van der Waals surface area contributed by atoms with Crippen molar-refractivity contribution in [3.63, 3.8) is 0 Å². The summed E-state index contributed by atoms with van der Waals surface area (Å²) in [6.45, 7) is 4.66. The second-order valence-electron chi connectivity index (χ2n) is 5.81. The number of rotatable bonds is 9. The molecule has 0 radical (unpaired) electrons. The number of halogens is 1. The van der Waals surface area contributed by atoms with Crippen LogP contribution in [-0.2, 0) is 23.9 Å². The number of amides is 1. The van der Waals surface area contributed by atoms with Gasteiger partial charge in [-0.05, 0) is 36.6 Å². The summed E-state index contributed by atoms with van der Waals surface area (Å²) in [6, 6.07) is 4.19. The third-order valence-electron chi connectivity index (χ3n) is 3.83. The van der Waals surface area contributed by atoms with Crippen LogP contribution in [0, 0.1) is 12.8 Å². The van der Waals surface area contributed by atoms with Gasteiger partial charge in [0.05, 0.1) is 7.11 Å². The lowest BCUT2D eigenvalue weighted by molar-refractivity contribution is -0.152. The number of benzene rings is 1. The maximum absolute atomic E-state index is 11.9. The second-order valence-corrected chi connectivity index (χ2v) is 6.22. The number of esters is 2. The largest absolute Gasteiger partial charge is 0.482 e. The zero-order chi connectivity index (χ0) is 19.7. The average molecular weight is 386 g/mol. The van der Waals surface area contributed by atoms with Crippen LogP contribution < -0.4 is 10.1 Å². The first kappa shape index (κ1) is 21.8. The second kappa shape index (κ2) is 10.7. The molecule has 0 aromatic heterocycles. The Hall–Kier alpha value is -2.28. The Kier molecular flexibility index (Phi) is 8.92. The van der Waals surface area contributed by atoms with E-state index in [-0.39, 0.29) is 12.5 Å². The van der Waals surface area contributed by atoms with Gasteiger partial charge in [0, 0.05) is 5.02 Å². The van der Waals surface area contributed by atoms with E-state index < -0.39 is 30.5 Å². The predicted octanol–water partition coefficient (Wildman–Crippen LogP) is 2.27. The topological polar surface area (TPSA) is 90.9 Å². The molecule has 0 saturated heterocycles. The van der Waals surface area contributed by atoms with Gasteiger partial charge in [-0.15, -0.1) is 0 Å². The third kappa shape index (κ3) is 6.92. The van der Waals surface area contributed by atoms with Crippen LogP contribution in [0.25, 0.3) is 0 Å². The number of carbonyl (C=O) groups is 3. The zero-order valence-corrected chi connectivity index (χ0v) is 16.1. The van der Waals surface area contributed by atoms with Crippen molar-refractivity contribution in [2.75, 3.05) is 20.3 Å². The summed E-state index contributed by atoms with van der Waals surface area (Å²) in [5, 5.41) is 3.11. The van der Waals surface area contributed by atoms with Crippen molar-refractivity contribution >= 4 is 29.4 Å². The highest BCUT2D eigenvalue weighted by atomic mass is 35.5. The minimum Gasteiger partial charge on any atom is -0.482 e. The van der Waals surface area contributed by atoms with Crippen molar-refractivity contribution in [3.05, 3.63) is 28.8 Å². The minimum atomic E-state index is -0.788. The Morgan fingerprint density at radius 3 is 2.50 bits per heavy atom. The van der Waals surface area contributed by atoms with Crippen LogP contribution in [-0.4, -0.2) is 44.2 Å². The van der Waals surface area contributed by atoms with Gasteiger partial charge in [-0.3, -0.25) is 4.79 Å². The molecule has 0 heterocycles. The Bertz CT molecular complexity index is 649. The number of nitrogens with one attached hydrogen (secondary N) is 1. The first-order chi connectivity index (χ1) is 12.3. The maximum atomic E-state index is 11.9. The van der Waals surface area contributed by atoms with Crippen LogP contribution in [0.3, 0.4) is 0 Å². The number of aryl methyl sites for hydroxylation is 1. The van der Waals surface area contributed by atoms with Crippen LogP contribution in [0.5, 0.6) is 5.75 Å².